The number of carbonyl (C=O) groups excluding carboxylic acids is 2. The van der Waals surface area contributed by atoms with Crippen molar-refractivity contribution in [2.75, 3.05) is 0 Å². The molecule has 8 rings (SSSR count). The molecule has 0 amide bonds. The summed E-state index contributed by atoms with van der Waals surface area (Å²) in [6.07, 6.45) is 3.19. The maximum Gasteiger partial charge on any atom is 2.00 e. The van der Waals surface area contributed by atoms with Crippen LogP contribution in [0.1, 0.15) is 59.3 Å². The largest absolute Gasteiger partial charge is 2.00 e. The van der Waals surface area contributed by atoms with Crippen molar-refractivity contribution in [2.24, 2.45) is 0 Å². The van der Waals surface area contributed by atoms with Crippen LogP contribution in [0.2, 0.25) is 0 Å². The van der Waals surface area contributed by atoms with E-state index >= 15 is 0 Å². The van der Waals surface area contributed by atoms with Gasteiger partial charge in [-0.25, -0.2) is 9.97 Å². The number of nitrogens with zero attached hydrogens (tertiary/aromatic N) is 6. The van der Waals surface area contributed by atoms with E-state index in [4.69, 9.17) is 14.7 Å². The van der Waals surface area contributed by atoms with Gasteiger partial charge in [-0.1, -0.05) is 121 Å². The summed E-state index contributed by atoms with van der Waals surface area (Å²) < 4.78 is 9.50. The maximum atomic E-state index is 12.1. The average molecular weight is 1010 g/mol. The van der Waals surface area contributed by atoms with E-state index in [-0.39, 0.29) is 57.0 Å². The molecule has 4 atom stereocenters. The fourth-order valence-electron chi connectivity index (χ4n) is 8.51. The SMILES string of the molecule is CC(C)(C)OC(=O)C[C@H](O)C[C@H](O)CCn1c(-c2ccccc2)nc(-c2ccncc2)c1-c1ccccc1.O=C([O-])C[C@H](O)C[C@H](O)CCn1c(-c2ccccc2)nc(-c2ccncc2)c1-c1ccccc1.[Ca+2]. The molecule has 0 radical (unpaired) electrons. The summed E-state index contributed by atoms with van der Waals surface area (Å²) in [5, 5.41) is 52.4. The molecule has 0 spiro atoms. The molecule has 372 valence electrons. The van der Waals surface area contributed by atoms with Crippen molar-refractivity contribution in [1.82, 2.24) is 29.1 Å². The first-order valence-corrected chi connectivity index (χ1v) is 24.1. The van der Waals surface area contributed by atoms with Gasteiger partial charge in [0, 0.05) is 83.6 Å². The number of esters is 1. The number of aliphatic hydroxyl groups excluding tert-OH is 4. The minimum atomic E-state index is -1.34. The number of hydrogen-bond acceptors (Lipinski definition) is 12. The Hall–Kier alpha value is -6.36. The summed E-state index contributed by atoms with van der Waals surface area (Å²) in [5.74, 6) is -0.271. The van der Waals surface area contributed by atoms with Gasteiger partial charge >= 0.3 is 43.7 Å². The number of hydrogen-bond donors (Lipinski definition) is 4. The summed E-state index contributed by atoms with van der Waals surface area (Å²) in [4.78, 5) is 41.2. The molecule has 4 N–H and O–H groups in total. The second-order valence-corrected chi connectivity index (χ2v) is 18.5. The van der Waals surface area contributed by atoms with Crippen molar-refractivity contribution in [3.63, 3.8) is 0 Å². The number of carboxylic acids is 1. The quantitative estimate of drug-likeness (QED) is 0.0423. The molecule has 4 heterocycles. The van der Waals surface area contributed by atoms with Crippen molar-refractivity contribution < 1.29 is 39.9 Å². The monoisotopic (exact) mass is 1010 g/mol. The van der Waals surface area contributed by atoms with E-state index in [1.807, 2.05) is 146 Å². The molecule has 0 saturated heterocycles. The Morgan fingerprint density at radius 3 is 1.19 bits per heavy atom. The van der Waals surface area contributed by atoms with Gasteiger partial charge < -0.3 is 44.2 Å². The number of carboxylic acid groups (broad SMARTS) is 1. The third-order valence-corrected chi connectivity index (χ3v) is 11.7. The van der Waals surface area contributed by atoms with Crippen LogP contribution in [0.4, 0.5) is 0 Å². The van der Waals surface area contributed by atoms with Crippen LogP contribution < -0.4 is 5.11 Å². The minimum Gasteiger partial charge on any atom is -0.550 e. The van der Waals surface area contributed by atoms with E-state index in [1.165, 1.54) is 0 Å². The van der Waals surface area contributed by atoms with Crippen LogP contribution in [0.3, 0.4) is 0 Å². The predicted molar refractivity (Wildman–Crippen MR) is 281 cm³/mol. The Morgan fingerprint density at radius 2 is 0.849 bits per heavy atom. The molecular weight excluding hydrogens is 949 g/mol. The number of benzene rings is 4. The molecule has 4 aromatic heterocycles. The van der Waals surface area contributed by atoms with Crippen LogP contribution in [0.5, 0.6) is 0 Å². The third kappa shape index (κ3) is 16.1. The summed E-state index contributed by atoms with van der Waals surface area (Å²) in [7, 11) is 0. The zero-order chi connectivity index (χ0) is 51.0. The first kappa shape index (κ1) is 55.9. The van der Waals surface area contributed by atoms with Crippen molar-refractivity contribution in [3.05, 3.63) is 170 Å². The molecule has 15 heteroatoms. The maximum absolute atomic E-state index is 12.1. The van der Waals surface area contributed by atoms with E-state index < -0.39 is 48.4 Å². The van der Waals surface area contributed by atoms with Gasteiger partial charge in [0.15, 0.2) is 0 Å². The summed E-state index contributed by atoms with van der Waals surface area (Å²) >= 11 is 0. The molecule has 0 aliphatic carbocycles. The number of pyridine rings is 2. The third-order valence-electron chi connectivity index (χ3n) is 11.7. The number of aromatic nitrogens is 6. The van der Waals surface area contributed by atoms with Gasteiger partial charge in [-0.2, -0.15) is 0 Å². The average Bonchev–Trinajstić information content (AvgIpc) is 3.95. The van der Waals surface area contributed by atoms with Gasteiger partial charge in [-0.05, 0) is 70.7 Å². The van der Waals surface area contributed by atoms with Gasteiger partial charge in [-0.3, -0.25) is 14.8 Å². The van der Waals surface area contributed by atoms with Crippen LogP contribution in [-0.2, 0) is 27.4 Å². The van der Waals surface area contributed by atoms with Crippen LogP contribution in [0.25, 0.3) is 67.8 Å². The Balaban J connectivity index is 0.000000236. The first-order chi connectivity index (χ1) is 34.7. The number of aliphatic hydroxyl groups is 4. The number of carbonyl (C=O) groups is 2. The fraction of sp³-hybridized carbons (Fsp3) is 0.276. The number of ether oxygens (including phenoxy) is 1. The Bertz CT molecular complexity index is 2940. The standard InChI is InChI=1S/C31H35N3O4.C27H27N3O4.Ca/c1-31(2,3)38-27(37)21-26(36)20-25(35)16-19-34-29(23-10-6-4-7-11-23)28(22-14-17-32-18-15-22)33-30(34)24-12-8-5-9-13-24;31-22(17-23(32)18-24(33)34)13-16-30-26(20-7-3-1-4-8-20)25(19-11-14-28-15-12-19)29-27(30)21-9-5-2-6-10-21;/h4-15,17-18,25-26,35-36H,16,19-21H2,1-3H3;1-12,14-15,22-23,31-32H,13,16-18H2,(H,33,34);/q;;+2/p-1/t25-,26-;22-,23-;/m11./s1. The van der Waals surface area contributed by atoms with Gasteiger partial charge in [0.1, 0.15) is 17.2 Å². The fourth-order valence-corrected chi connectivity index (χ4v) is 8.51. The van der Waals surface area contributed by atoms with Crippen LogP contribution in [-0.4, -0.2) is 129 Å². The van der Waals surface area contributed by atoms with Gasteiger partial charge in [0.25, 0.3) is 0 Å². The van der Waals surface area contributed by atoms with Gasteiger partial charge in [0.05, 0.1) is 53.6 Å². The molecule has 0 unspecified atom stereocenters. The second kappa shape index (κ2) is 27.1. The van der Waals surface area contributed by atoms with Crippen LogP contribution >= 0.6 is 0 Å². The van der Waals surface area contributed by atoms with Crippen molar-refractivity contribution in [2.45, 2.75) is 102 Å². The molecule has 8 aromatic rings. The Morgan fingerprint density at radius 1 is 0.507 bits per heavy atom. The number of rotatable bonds is 20. The second-order valence-electron chi connectivity index (χ2n) is 18.5. The van der Waals surface area contributed by atoms with Crippen molar-refractivity contribution >= 4 is 49.7 Å². The van der Waals surface area contributed by atoms with E-state index in [0.29, 0.717) is 25.9 Å². The summed E-state index contributed by atoms with van der Waals surface area (Å²) in [5.41, 5.74) is 8.63. The molecule has 0 aliphatic heterocycles. The Labute approximate surface area is 456 Å². The van der Waals surface area contributed by atoms with Crippen LogP contribution in [0, 0.1) is 0 Å². The van der Waals surface area contributed by atoms with E-state index in [2.05, 4.69) is 19.1 Å². The minimum absolute atomic E-state index is 0. The molecule has 0 aliphatic rings. The van der Waals surface area contributed by atoms with E-state index in [9.17, 15) is 35.1 Å². The van der Waals surface area contributed by atoms with Gasteiger partial charge in [-0.15, -0.1) is 0 Å². The van der Waals surface area contributed by atoms with Crippen molar-refractivity contribution in [1.29, 1.82) is 0 Å². The molecule has 14 nitrogen and oxygen atoms in total. The first-order valence-electron chi connectivity index (χ1n) is 24.1. The summed E-state index contributed by atoms with van der Waals surface area (Å²) in [6, 6.07) is 47.5. The predicted octanol–water partition coefficient (Wildman–Crippen LogP) is 8.05. The number of aliphatic carboxylic acids is 1. The molecule has 0 fully saturated rings. The number of imidazole rings is 2. The Kier molecular flexibility index (Phi) is 20.8. The zero-order valence-corrected chi connectivity index (χ0v) is 43.7. The summed E-state index contributed by atoms with van der Waals surface area (Å²) in [6.45, 7) is 6.24. The topological polar surface area (TPSA) is 209 Å². The molecular formula is C58H61CaN6O8+. The van der Waals surface area contributed by atoms with Crippen LogP contribution in [0.15, 0.2) is 170 Å². The molecule has 0 bridgehead atoms. The zero-order valence-electron chi connectivity index (χ0n) is 41.4. The van der Waals surface area contributed by atoms with E-state index in [0.717, 1.165) is 67.8 Å². The van der Waals surface area contributed by atoms with E-state index in [1.54, 1.807) is 45.6 Å². The van der Waals surface area contributed by atoms with Gasteiger partial charge in [0.2, 0.25) is 0 Å². The molecule has 4 aromatic carbocycles. The normalized spacial score (nSPS) is 12.9. The molecule has 0 saturated carbocycles. The van der Waals surface area contributed by atoms with Crippen molar-refractivity contribution in [3.8, 4) is 67.8 Å². The smallest absolute Gasteiger partial charge is 0.550 e. The molecule has 73 heavy (non-hydrogen) atoms.